The molecule has 0 radical (unpaired) electrons. The SMILES string of the molecule is Cc1cccc(Nc2nnc(S[C@H](C(=O)NC(N)=O)C(C)C)s2)c1. The second kappa shape index (κ2) is 8.11. The molecule has 1 aromatic carbocycles. The summed E-state index contributed by atoms with van der Waals surface area (Å²) in [7, 11) is 0. The van der Waals surface area contributed by atoms with E-state index in [1.807, 2.05) is 45.0 Å². The number of rotatable bonds is 6. The number of aromatic nitrogens is 2. The third kappa shape index (κ3) is 5.20. The van der Waals surface area contributed by atoms with Crippen LogP contribution in [0.5, 0.6) is 0 Å². The number of hydrogen-bond donors (Lipinski definition) is 3. The third-order valence-electron chi connectivity index (χ3n) is 3.01. The Bertz CT molecular complexity index is 732. The largest absolute Gasteiger partial charge is 0.351 e. The highest BCUT2D eigenvalue weighted by molar-refractivity contribution is 8.02. The minimum absolute atomic E-state index is 0.00596. The molecule has 0 unspecified atom stereocenters. The molecule has 1 heterocycles. The lowest BCUT2D eigenvalue weighted by Crippen LogP contribution is -2.42. The van der Waals surface area contributed by atoms with Crippen molar-refractivity contribution in [3.8, 4) is 0 Å². The predicted molar refractivity (Wildman–Crippen MR) is 96.6 cm³/mol. The van der Waals surface area contributed by atoms with Crippen LogP contribution in [0.1, 0.15) is 19.4 Å². The van der Waals surface area contributed by atoms with Gasteiger partial charge >= 0.3 is 6.03 Å². The van der Waals surface area contributed by atoms with E-state index in [0.717, 1.165) is 11.3 Å². The molecule has 0 fully saturated rings. The Labute approximate surface area is 148 Å². The highest BCUT2D eigenvalue weighted by atomic mass is 32.2. The lowest BCUT2D eigenvalue weighted by molar-refractivity contribution is -0.120. The van der Waals surface area contributed by atoms with E-state index in [1.54, 1.807) is 0 Å². The zero-order chi connectivity index (χ0) is 17.7. The molecule has 0 saturated carbocycles. The molecule has 0 aliphatic heterocycles. The molecule has 2 rings (SSSR count). The van der Waals surface area contributed by atoms with E-state index in [0.29, 0.717) is 9.47 Å². The maximum absolute atomic E-state index is 12.0. The highest BCUT2D eigenvalue weighted by Gasteiger charge is 2.26. The highest BCUT2D eigenvalue weighted by Crippen LogP contribution is 2.33. The van der Waals surface area contributed by atoms with E-state index in [2.05, 4.69) is 20.8 Å². The van der Waals surface area contributed by atoms with Gasteiger partial charge in [-0.1, -0.05) is 49.1 Å². The first-order valence-electron chi connectivity index (χ1n) is 7.29. The summed E-state index contributed by atoms with van der Waals surface area (Å²) in [6.07, 6.45) is 0. The molecule has 0 bridgehead atoms. The zero-order valence-corrected chi connectivity index (χ0v) is 15.2. The van der Waals surface area contributed by atoms with Crippen LogP contribution in [0, 0.1) is 12.8 Å². The van der Waals surface area contributed by atoms with Crippen molar-refractivity contribution < 1.29 is 9.59 Å². The molecule has 0 spiro atoms. The van der Waals surface area contributed by atoms with E-state index in [9.17, 15) is 9.59 Å². The summed E-state index contributed by atoms with van der Waals surface area (Å²) in [5, 5.41) is 13.6. The Morgan fingerprint density at radius 2 is 2.04 bits per heavy atom. The maximum Gasteiger partial charge on any atom is 0.318 e. The molecule has 1 atom stereocenters. The van der Waals surface area contributed by atoms with Crippen molar-refractivity contribution in [2.24, 2.45) is 11.7 Å². The van der Waals surface area contributed by atoms with E-state index < -0.39 is 17.2 Å². The molecular formula is C15H19N5O2S2. The van der Waals surface area contributed by atoms with Gasteiger partial charge in [0.1, 0.15) is 0 Å². The number of carbonyl (C=O) groups is 2. The molecule has 0 aliphatic carbocycles. The number of aryl methyl sites for hydroxylation is 1. The fraction of sp³-hybridized carbons (Fsp3) is 0.333. The van der Waals surface area contributed by atoms with Crippen LogP contribution in [-0.4, -0.2) is 27.4 Å². The Morgan fingerprint density at radius 3 is 2.67 bits per heavy atom. The van der Waals surface area contributed by atoms with Crippen LogP contribution in [0.2, 0.25) is 0 Å². The number of primary amides is 1. The quantitative estimate of drug-likeness (QED) is 0.679. The summed E-state index contributed by atoms with van der Waals surface area (Å²) in [5.74, 6) is -0.419. The maximum atomic E-state index is 12.0. The standard InChI is InChI=1S/C15H19N5O2S2/c1-8(2)11(12(21)18-13(16)22)23-15-20-19-14(24-15)17-10-6-4-5-9(3)7-10/h4-8,11H,1-3H3,(H,17,19)(H3,16,18,21,22)/t11-/m0/s1. The Morgan fingerprint density at radius 1 is 1.29 bits per heavy atom. The molecule has 9 heteroatoms. The van der Waals surface area contributed by atoms with Crippen molar-refractivity contribution in [2.45, 2.75) is 30.4 Å². The smallest absolute Gasteiger partial charge is 0.318 e. The first kappa shape index (κ1) is 18.2. The normalized spacial score (nSPS) is 12.0. The molecular weight excluding hydrogens is 346 g/mol. The number of imide groups is 1. The van der Waals surface area contributed by atoms with Gasteiger partial charge in [0.05, 0.1) is 5.25 Å². The van der Waals surface area contributed by atoms with Crippen LogP contribution >= 0.6 is 23.1 Å². The number of hydrogen-bond acceptors (Lipinski definition) is 7. The number of nitrogens with one attached hydrogen (secondary N) is 2. The fourth-order valence-electron chi connectivity index (χ4n) is 1.95. The lowest BCUT2D eigenvalue weighted by atomic mass is 10.1. The molecule has 0 saturated heterocycles. The van der Waals surface area contributed by atoms with E-state index in [-0.39, 0.29) is 5.92 Å². The van der Waals surface area contributed by atoms with Crippen LogP contribution in [0.4, 0.5) is 15.6 Å². The van der Waals surface area contributed by atoms with Crippen molar-refractivity contribution in [2.75, 3.05) is 5.32 Å². The van der Waals surface area contributed by atoms with Gasteiger partial charge in [0.2, 0.25) is 11.0 Å². The number of anilines is 2. The van der Waals surface area contributed by atoms with Crippen molar-refractivity contribution >= 4 is 45.9 Å². The molecule has 128 valence electrons. The molecule has 24 heavy (non-hydrogen) atoms. The summed E-state index contributed by atoms with van der Waals surface area (Å²) < 4.78 is 0.642. The van der Waals surface area contributed by atoms with Crippen molar-refractivity contribution in [3.05, 3.63) is 29.8 Å². The van der Waals surface area contributed by atoms with Crippen LogP contribution in [0.3, 0.4) is 0 Å². The summed E-state index contributed by atoms with van der Waals surface area (Å²) in [6.45, 7) is 5.80. The first-order valence-corrected chi connectivity index (χ1v) is 8.99. The molecule has 7 nitrogen and oxygen atoms in total. The number of carbonyl (C=O) groups excluding carboxylic acids is 2. The third-order valence-corrected chi connectivity index (χ3v) is 5.48. The number of nitrogens with zero attached hydrogens (tertiary/aromatic N) is 2. The zero-order valence-electron chi connectivity index (χ0n) is 13.6. The van der Waals surface area contributed by atoms with Crippen LogP contribution in [0.15, 0.2) is 28.6 Å². The number of thioether (sulfide) groups is 1. The van der Waals surface area contributed by atoms with Gasteiger partial charge in [-0.25, -0.2) is 4.79 Å². The molecule has 4 N–H and O–H groups in total. The Hall–Kier alpha value is -2.13. The van der Waals surface area contributed by atoms with Crippen molar-refractivity contribution in [1.82, 2.24) is 15.5 Å². The monoisotopic (exact) mass is 365 g/mol. The number of urea groups is 1. The topological polar surface area (TPSA) is 110 Å². The van der Waals surface area contributed by atoms with Crippen LogP contribution in [-0.2, 0) is 4.79 Å². The Balaban J connectivity index is 2.05. The second-order valence-corrected chi connectivity index (χ2v) is 7.87. The summed E-state index contributed by atoms with van der Waals surface area (Å²) >= 11 is 2.62. The minimum Gasteiger partial charge on any atom is -0.351 e. The second-order valence-electron chi connectivity index (χ2n) is 5.50. The van der Waals surface area contributed by atoms with Gasteiger partial charge in [0, 0.05) is 5.69 Å². The first-order chi connectivity index (χ1) is 11.3. The van der Waals surface area contributed by atoms with Gasteiger partial charge in [-0.05, 0) is 30.5 Å². The number of nitrogens with two attached hydrogens (primary N) is 1. The van der Waals surface area contributed by atoms with Gasteiger partial charge in [-0.15, -0.1) is 10.2 Å². The fourth-order valence-corrected chi connectivity index (χ4v) is 3.93. The molecule has 0 aliphatic rings. The number of benzene rings is 1. The number of amides is 3. The molecule has 3 amide bonds. The molecule has 1 aromatic heterocycles. The summed E-state index contributed by atoms with van der Waals surface area (Å²) in [6, 6.07) is 7.06. The molecule has 2 aromatic rings. The summed E-state index contributed by atoms with van der Waals surface area (Å²) in [5.41, 5.74) is 7.08. The van der Waals surface area contributed by atoms with Gasteiger partial charge in [0.15, 0.2) is 4.34 Å². The van der Waals surface area contributed by atoms with E-state index in [1.165, 1.54) is 23.1 Å². The van der Waals surface area contributed by atoms with Gasteiger partial charge < -0.3 is 11.1 Å². The average molecular weight is 365 g/mol. The van der Waals surface area contributed by atoms with Gasteiger partial charge in [0.25, 0.3) is 0 Å². The lowest BCUT2D eigenvalue weighted by Gasteiger charge is -2.16. The van der Waals surface area contributed by atoms with Crippen LogP contribution in [0.25, 0.3) is 0 Å². The van der Waals surface area contributed by atoms with E-state index in [4.69, 9.17) is 5.73 Å². The Kier molecular flexibility index (Phi) is 6.16. The van der Waals surface area contributed by atoms with Crippen molar-refractivity contribution in [3.63, 3.8) is 0 Å². The average Bonchev–Trinajstić information content (AvgIpc) is 2.91. The van der Waals surface area contributed by atoms with Crippen molar-refractivity contribution in [1.29, 1.82) is 0 Å². The minimum atomic E-state index is -0.856. The summed E-state index contributed by atoms with van der Waals surface area (Å²) in [4.78, 5) is 22.9. The van der Waals surface area contributed by atoms with E-state index >= 15 is 0 Å². The van der Waals surface area contributed by atoms with Gasteiger partial charge in [-0.3, -0.25) is 10.1 Å². The van der Waals surface area contributed by atoms with Crippen LogP contribution < -0.4 is 16.4 Å². The van der Waals surface area contributed by atoms with Gasteiger partial charge in [-0.2, -0.15) is 0 Å². The predicted octanol–water partition coefficient (Wildman–Crippen LogP) is 2.90.